The third kappa shape index (κ3) is 8.35. The van der Waals surface area contributed by atoms with Crippen LogP contribution >= 0.6 is 35.1 Å². The van der Waals surface area contributed by atoms with Crippen LogP contribution in [0, 0.1) is 5.82 Å². The second-order valence-corrected chi connectivity index (χ2v) is 8.29. The molecule has 0 bridgehead atoms. The lowest BCUT2D eigenvalue weighted by atomic mass is 10.1. The lowest BCUT2D eigenvalue weighted by molar-refractivity contribution is -0.136. The zero-order valence-corrected chi connectivity index (χ0v) is 19.8. The van der Waals surface area contributed by atoms with Crippen LogP contribution in [0.4, 0.5) is 4.39 Å². The van der Waals surface area contributed by atoms with E-state index in [-0.39, 0.29) is 22.1 Å². The smallest absolute Gasteiger partial charge is 0.304 e. The Hall–Kier alpha value is -2.26. The zero-order valence-electron chi connectivity index (χ0n) is 17.5. The highest BCUT2D eigenvalue weighted by Gasteiger charge is 2.14. The summed E-state index contributed by atoms with van der Waals surface area (Å²) in [5.74, 6) is -0.128. The highest BCUT2D eigenvalue weighted by Crippen LogP contribution is 2.36. The summed E-state index contributed by atoms with van der Waals surface area (Å²) >= 11 is 13.5. The number of aliphatic carboxylic acids is 1. The van der Waals surface area contributed by atoms with E-state index < -0.39 is 11.8 Å². The normalized spacial score (nSPS) is 11.3. The number of carbonyl (C=O) groups is 1. The van der Waals surface area contributed by atoms with E-state index in [9.17, 15) is 9.18 Å². The van der Waals surface area contributed by atoms with Gasteiger partial charge in [0.05, 0.1) is 16.3 Å². The van der Waals surface area contributed by atoms with E-state index in [0.29, 0.717) is 36.1 Å². The fourth-order valence-electron chi connectivity index (χ4n) is 2.64. The van der Waals surface area contributed by atoms with E-state index in [1.807, 2.05) is 0 Å². The molecule has 0 amide bonds. The molecule has 0 saturated heterocycles. The molecule has 6 nitrogen and oxygen atoms in total. The first-order chi connectivity index (χ1) is 15.3. The van der Waals surface area contributed by atoms with Crippen molar-refractivity contribution >= 4 is 47.8 Å². The van der Waals surface area contributed by atoms with Gasteiger partial charge < -0.3 is 19.9 Å². The van der Waals surface area contributed by atoms with E-state index >= 15 is 0 Å². The first-order valence-corrected chi connectivity index (χ1v) is 11.3. The summed E-state index contributed by atoms with van der Waals surface area (Å²) in [4.78, 5) is 14.6. The molecule has 0 aliphatic heterocycles. The van der Waals surface area contributed by atoms with Crippen molar-refractivity contribution in [2.75, 3.05) is 13.1 Å². The van der Waals surface area contributed by atoms with Crippen molar-refractivity contribution in [1.82, 2.24) is 10.0 Å². The van der Waals surface area contributed by atoms with Crippen molar-refractivity contribution in [1.29, 1.82) is 0 Å². The minimum absolute atomic E-state index is 0.0690. The largest absolute Gasteiger partial charge is 0.481 e. The van der Waals surface area contributed by atoms with Crippen LogP contribution < -0.4 is 14.8 Å². The van der Waals surface area contributed by atoms with E-state index in [2.05, 4.69) is 21.7 Å². The molecule has 3 N–H and O–H groups in total. The molecule has 172 valence electrons. The molecule has 0 aromatic heterocycles. The van der Waals surface area contributed by atoms with E-state index in [0.717, 1.165) is 23.9 Å². The summed E-state index contributed by atoms with van der Waals surface area (Å²) in [6, 6.07) is 7.89. The third-order valence-corrected chi connectivity index (χ3v) is 5.63. The topological polar surface area (TPSA) is 83.0 Å². The summed E-state index contributed by atoms with van der Waals surface area (Å²) in [5.41, 5.74) is 0.837. The Labute approximate surface area is 201 Å². The van der Waals surface area contributed by atoms with Gasteiger partial charge in [0.1, 0.15) is 23.1 Å². The molecule has 0 spiro atoms. The highest BCUT2D eigenvalue weighted by atomic mass is 35.5. The number of ether oxygens (including phenoxy) is 1. The fraction of sp³-hybridized carbons (Fsp3) is 0.273. The lowest BCUT2D eigenvalue weighted by Crippen LogP contribution is -2.19. The second-order valence-electron chi connectivity index (χ2n) is 6.60. The third-order valence-electron chi connectivity index (χ3n) is 4.25. The summed E-state index contributed by atoms with van der Waals surface area (Å²) < 4.78 is 23.4. The van der Waals surface area contributed by atoms with Crippen LogP contribution in [0.5, 0.6) is 11.5 Å². The van der Waals surface area contributed by atoms with Crippen molar-refractivity contribution in [3.63, 3.8) is 0 Å². The first-order valence-electron chi connectivity index (χ1n) is 9.77. The molecule has 10 heteroatoms. The SMILES string of the molecule is C=N/C(=C\C)NSc1cc(Cl)c(Oc2ccc(Cl)cc2CCCNCCC(=O)O)cc1F. The highest BCUT2D eigenvalue weighted by molar-refractivity contribution is 7.97. The van der Waals surface area contributed by atoms with Crippen molar-refractivity contribution in [2.45, 2.75) is 31.1 Å². The molecule has 0 aliphatic carbocycles. The number of carboxylic acid groups (broad SMARTS) is 1. The van der Waals surface area contributed by atoms with Crippen LogP contribution in [0.15, 0.2) is 52.1 Å². The number of carboxylic acids is 1. The van der Waals surface area contributed by atoms with Crippen LogP contribution in [-0.4, -0.2) is 30.9 Å². The Balaban J connectivity index is 2.07. The molecule has 0 atom stereocenters. The predicted octanol–water partition coefficient (Wildman–Crippen LogP) is 6.08. The number of allylic oxidation sites excluding steroid dienone is 1. The van der Waals surface area contributed by atoms with Crippen molar-refractivity contribution in [3.8, 4) is 11.5 Å². The molecule has 0 aliphatic rings. The van der Waals surface area contributed by atoms with Crippen LogP contribution in [0.2, 0.25) is 10.0 Å². The number of rotatable bonds is 13. The van der Waals surface area contributed by atoms with Gasteiger partial charge in [-0.25, -0.2) is 9.38 Å². The van der Waals surface area contributed by atoms with Crippen LogP contribution in [0.3, 0.4) is 0 Å². The molecule has 2 aromatic rings. The molecule has 0 heterocycles. The maximum absolute atomic E-state index is 14.6. The van der Waals surface area contributed by atoms with Gasteiger partial charge in [0.15, 0.2) is 0 Å². The number of aryl methyl sites for hydroxylation is 1. The van der Waals surface area contributed by atoms with Gasteiger partial charge in [-0.2, -0.15) is 0 Å². The van der Waals surface area contributed by atoms with Crippen LogP contribution in [-0.2, 0) is 11.2 Å². The van der Waals surface area contributed by atoms with Gasteiger partial charge in [-0.05, 0) is 80.9 Å². The molecule has 0 unspecified atom stereocenters. The maximum Gasteiger partial charge on any atom is 0.304 e. The van der Waals surface area contributed by atoms with Gasteiger partial charge in [0.25, 0.3) is 0 Å². The van der Waals surface area contributed by atoms with E-state index in [1.54, 1.807) is 31.2 Å². The lowest BCUT2D eigenvalue weighted by Gasteiger charge is -2.14. The van der Waals surface area contributed by atoms with Crippen LogP contribution in [0.25, 0.3) is 0 Å². The van der Waals surface area contributed by atoms with Gasteiger partial charge in [-0.3, -0.25) is 4.79 Å². The Morgan fingerprint density at radius 3 is 2.75 bits per heavy atom. The number of aliphatic imine (C=N–C) groups is 1. The fourth-order valence-corrected chi connectivity index (χ4v) is 3.83. The number of hydrogen-bond acceptors (Lipinski definition) is 6. The molecule has 2 aromatic carbocycles. The summed E-state index contributed by atoms with van der Waals surface area (Å²) in [7, 11) is 0. The standard InChI is InChI=1S/C22H24Cl2FN3O3S/c1-3-21(26-2)28-32-20-12-16(24)19(13-17(20)25)31-18-7-6-15(23)11-14(18)5-4-9-27-10-8-22(29)30/h3,6-7,11-13,27-28H,2,4-5,8-10H2,1H3,(H,29,30)/b21-3+. The molecule has 2 rings (SSSR count). The molecule has 0 saturated carbocycles. The Morgan fingerprint density at radius 1 is 1.28 bits per heavy atom. The van der Waals surface area contributed by atoms with Gasteiger partial charge in [-0.15, -0.1) is 0 Å². The predicted molar refractivity (Wildman–Crippen MR) is 129 cm³/mol. The average Bonchev–Trinajstić information content (AvgIpc) is 2.75. The molecule has 32 heavy (non-hydrogen) atoms. The number of halogens is 3. The Morgan fingerprint density at radius 2 is 2.06 bits per heavy atom. The minimum Gasteiger partial charge on any atom is -0.481 e. The molecule has 0 radical (unpaired) electrons. The van der Waals surface area contributed by atoms with Crippen molar-refractivity contribution < 1.29 is 19.0 Å². The van der Waals surface area contributed by atoms with Gasteiger partial charge in [-0.1, -0.05) is 23.2 Å². The Kier molecular flexibility index (Phi) is 10.8. The summed E-state index contributed by atoms with van der Waals surface area (Å²) in [6.45, 7) is 6.26. The quantitative estimate of drug-likeness (QED) is 0.176. The molecular formula is C22H24Cl2FN3O3S. The molecule has 0 fully saturated rings. The van der Waals surface area contributed by atoms with Gasteiger partial charge in [0.2, 0.25) is 0 Å². The summed E-state index contributed by atoms with van der Waals surface area (Å²) in [6.07, 6.45) is 3.15. The van der Waals surface area contributed by atoms with Crippen LogP contribution in [0.1, 0.15) is 25.3 Å². The Bertz CT molecular complexity index is 989. The first kappa shape index (κ1) is 26.0. The zero-order chi connectivity index (χ0) is 23.5. The van der Waals surface area contributed by atoms with Crippen molar-refractivity contribution in [3.05, 3.63) is 63.7 Å². The van der Waals surface area contributed by atoms with Gasteiger partial charge in [0, 0.05) is 17.6 Å². The average molecular weight is 500 g/mol. The van der Waals surface area contributed by atoms with Gasteiger partial charge >= 0.3 is 5.97 Å². The van der Waals surface area contributed by atoms with Crippen molar-refractivity contribution in [2.24, 2.45) is 4.99 Å². The minimum atomic E-state index is -0.841. The summed E-state index contributed by atoms with van der Waals surface area (Å²) in [5, 5.41) is 12.5. The number of hydrogen-bond donors (Lipinski definition) is 3. The number of nitrogens with zero attached hydrogens (tertiary/aromatic N) is 1. The second kappa shape index (κ2) is 13.3. The molecular weight excluding hydrogens is 476 g/mol. The number of benzene rings is 2. The van der Waals surface area contributed by atoms with E-state index in [4.69, 9.17) is 33.0 Å². The van der Waals surface area contributed by atoms with E-state index in [1.165, 1.54) is 12.1 Å². The maximum atomic E-state index is 14.6. The monoisotopic (exact) mass is 499 g/mol. The number of nitrogens with one attached hydrogen (secondary N) is 2.